The van der Waals surface area contributed by atoms with E-state index < -0.39 is 11.5 Å². The van der Waals surface area contributed by atoms with Gasteiger partial charge in [0.2, 0.25) is 5.91 Å². The predicted octanol–water partition coefficient (Wildman–Crippen LogP) is 5.60. The molecule has 5 heteroatoms. The van der Waals surface area contributed by atoms with E-state index in [1.807, 2.05) is 42.5 Å². The number of nitrogens with one attached hydrogen (secondary N) is 1. The monoisotopic (exact) mass is 420 g/mol. The molecule has 0 saturated heterocycles. The molecule has 1 saturated carbocycles. The van der Waals surface area contributed by atoms with Crippen LogP contribution in [-0.2, 0) is 22.7 Å². The normalized spacial score (nSPS) is 16.2. The summed E-state index contributed by atoms with van der Waals surface area (Å²) >= 11 is 0. The standard InChI is InChI=1S/C26H26F2N2O/c1-25(27,28)21-13-8-14-22(17-21)26(23-15-5-6-16-29-23,18-19-9-3-2-4-10-19)30-24(31)20-11-7-12-20/h2-6,8-10,13-17,20H,7,11-12,18H2,1H3,(H,30,31). The third kappa shape index (κ3) is 4.50. The largest absolute Gasteiger partial charge is 0.340 e. The van der Waals surface area contributed by atoms with E-state index in [1.54, 1.807) is 24.4 Å². The van der Waals surface area contributed by atoms with Crippen LogP contribution in [0, 0.1) is 5.92 Å². The minimum atomic E-state index is -2.99. The summed E-state index contributed by atoms with van der Waals surface area (Å²) in [6.45, 7) is 0.888. The van der Waals surface area contributed by atoms with Gasteiger partial charge in [-0.25, -0.2) is 8.78 Å². The van der Waals surface area contributed by atoms with Crippen molar-refractivity contribution in [1.82, 2.24) is 10.3 Å². The van der Waals surface area contributed by atoms with Crippen molar-refractivity contribution in [2.75, 3.05) is 0 Å². The highest BCUT2D eigenvalue weighted by molar-refractivity contribution is 5.81. The number of carbonyl (C=O) groups excluding carboxylic acids is 1. The van der Waals surface area contributed by atoms with Crippen molar-refractivity contribution in [2.45, 2.75) is 44.1 Å². The Balaban J connectivity index is 1.89. The fourth-order valence-corrected chi connectivity index (χ4v) is 4.08. The zero-order valence-electron chi connectivity index (χ0n) is 17.5. The lowest BCUT2D eigenvalue weighted by Gasteiger charge is -2.38. The van der Waals surface area contributed by atoms with Crippen molar-refractivity contribution in [1.29, 1.82) is 0 Å². The number of alkyl halides is 2. The van der Waals surface area contributed by atoms with Crippen LogP contribution in [0.1, 0.15) is 48.6 Å². The summed E-state index contributed by atoms with van der Waals surface area (Å²) in [6.07, 6.45) is 4.81. The molecular weight excluding hydrogens is 394 g/mol. The van der Waals surface area contributed by atoms with Crippen LogP contribution >= 0.6 is 0 Å². The molecule has 1 aliphatic carbocycles. The third-order valence-electron chi connectivity index (χ3n) is 6.09. The molecule has 0 spiro atoms. The Morgan fingerprint density at radius 1 is 1.00 bits per heavy atom. The van der Waals surface area contributed by atoms with Gasteiger partial charge in [0.25, 0.3) is 5.92 Å². The van der Waals surface area contributed by atoms with Gasteiger partial charge >= 0.3 is 0 Å². The number of halogens is 2. The predicted molar refractivity (Wildman–Crippen MR) is 117 cm³/mol. The van der Waals surface area contributed by atoms with Gasteiger partial charge in [-0.15, -0.1) is 0 Å². The molecule has 1 amide bonds. The molecular formula is C26H26F2N2O. The van der Waals surface area contributed by atoms with E-state index in [1.165, 1.54) is 12.1 Å². The molecule has 1 atom stereocenters. The Bertz CT molecular complexity index is 1030. The van der Waals surface area contributed by atoms with Crippen LogP contribution in [0.15, 0.2) is 79.0 Å². The lowest BCUT2D eigenvalue weighted by Crippen LogP contribution is -2.52. The minimum Gasteiger partial charge on any atom is -0.340 e. The van der Waals surface area contributed by atoms with Gasteiger partial charge in [0.1, 0.15) is 5.54 Å². The van der Waals surface area contributed by atoms with Gasteiger partial charge < -0.3 is 5.32 Å². The zero-order chi connectivity index (χ0) is 21.9. The Hall–Kier alpha value is -3.08. The van der Waals surface area contributed by atoms with E-state index in [9.17, 15) is 13.6 Å². The van der Waals surface area contributed by atoms with Gasteiger partial charge in [-0.2, -0.15) is 0 Å². The van der Waals surface area contributed by atoms with Crippen LogP contribution in [0.25, 0.3) is 0 Å². The first-order valence-electron chi connectivity index (χ1n) is 10.6. The van der Waals surface area contributed by atoms with Crippen molar-refractivity contribution in [2.24, 2.45) is 5.92 Å². The third-order valence-corrected chi connectivity index (χ3v) is 6.09. The summed E-state index contributed by atoms with van der Waals surface area (Å²) in [5, 5.41) is 3.25. The van der Waals surface area contributed by atoms with Gasteiger partial charge in [0.15, 0.2) is 0 Å². The molecule has 1 aromatic heterocycles. The second kappa shape index (κ2) is 8.58. The second-order valence-electron chi connectivity index (χ2n) is 8.37. The number of nitrogens with zero attached hydrogens (tertiary/aromatic N) is 1. The number of amides is 1. The molecule has 1 unspecified atom stereocenters. The van der Waals surface area contributed by atoms with Gasteiger partial charge in [-0.3, -0.25) is 9.78 Å². The van der Waals surface area contributed by atoms with E-state index >= 15 is 0 Å². The summed E-state index contributed by atoms with van der Waals surface area (Å²) in [5.41, 5.74) is 1.06. The van der Waals surface area contributed by atoms with Crippen LogP contribution in [0.5, 0.6) is 0 Å². The smallest absolute Gasteiger partial charge is 0.270 e. The maximum absolute atomic E-state index is 14.2. The topological polar surface area (TPSA) is 42.0 Å². The fourth-order valence-electron chi connectivity index (χ4n) is 4.08. The van der Waals surface area contributed by atoms with Gasteiger partial charge in [0, 0.05) is 31.0 Å². The first-order chi connectivity index (χ1) is 14.9. The number of aromatic nitrogens is 1. The highest BCUT2D eigenvalue weighted by atomic mass is 19.3. The van der Waals surface area contributed by atoms with Crippen LogP contribution < -0.4 is 5.32 Å². The van der Waals surface area contributed by atoms with Crippen LogP contribution in [-0.4, -0.2) is 10.9 Å². The fraction of sp³-hybridized carbons (Fsp3) is 0.308. The van der Waals surface area contributed by atoms with Crippen molar-refractivity contribution >= 4 is 5.91 Å². The molecule has 1 fully saturated rings. The van der Waals surface area contributed by atoms with E-state index in [0.717, 1.165) is 31.7 Å². The first kappa shape index (κ1) is 21.2. The molecule has 31 heavy (non-hydrogen) atoms. The summed E-state index contributed by atoms with van der Waals surface area (Å²) in [6, 6.07) is 21.6. The van der Waals surface area contributed by atoms with E-state index in [2.05, 4.69) is 10.3 Å². The van der Waals surface area contributed by atoms with Crippen LogP contribution in [0.4, 0.5) is 8.78 Å². The lowest BCUT2D eigenvalue weighted by atomic mass is 9.77. The molecule has 1 heterocycles. The SMILES string of the molecule is CC(F)(F)c1cccc(C(Cc2ccccc2)(NC(=O)C2CCC2)c2ccccn2)c1. The Kier molecular flexibility index (Phi) is 5.86. The molecule has 4 rings (SSSR count). The average molecular weight is 421 g/mol. The van der Waals surface area contributed by atoms with Crippen molar-refractivity contribution in [3.8, 4) is 0 Å². The summed E-state index contributed by atoms with van der Waals surface area (Å²) in [5.74, 6) is -3.09. The van der Waals surface area contributed by atoms with Crippen LogP contribution in [0.3, 0.4) is 0 Å². The minimum absolute atomic E-state index is 0.0466. The summed E-state index contributed by atoms with van der Waals surface area (Å²) < 4.78 is 28.4. The maximum Gasteiger partial charge on any atom is 0.270 e. The molecule has 2 aromatic carbocycles. The Morgan fingerprint density at radius 3 is 2.32 bits per heavy atom. The van der Waals surface area contributed by atoms with E-state index in [0.29, 0.717) is 17.7 Å². The van der Waals surface area contributed by atoms with Gasteiger partial charge in [0.05, 0.1) is 5.69 Å². The number of benzene rings is 2. The maximum atomic E-state index is 14.2. The number of pyridine rings is 1. The van der Waals surface area contributed by atoms with Crippen LogP contribution in [0.2, 0.25) is 0 Å². The molecule has 160 valence electrons. The highest BCUT2D eigenvalue weighted by Crippen LogP contribution is 2.37. The Morgan fingerprint density at radius 2 is 1.71 bits per heavy atom. The molecule has 0 aliphatic heterocycles. The number of carbonyl (C=O) groups is 1. The number of hydrogen-bond donors (Lipinski definition) is 1. The molecule has 0 radical (unpaired) electrons. The average Bonchev–Trinajstić information content (AvgIpc) is 2.73. The summed E-state index contributed by atoms with van der Waals surface area (Å²) in [4.78, 5) is 17.7. The number of rotatable bonds is 7. The number of hydrogen-bond acceptors (Lipinski definition) is 2. The molecule has 3 nitrogen and oxygen atoms in total. The zero-order valence-corrected chi connectivity index (χ0v) is 17.5. The first-order valence-corrected chi connectivity index (χ1v) is 10.6. The summed E-state index contributed by atoms with van der Waals surface area (Å²) in [7, 11) is 0. The quantitative estimate of drug-likeness (QED) is 0.541. The second-order valence-corrected chi connectivity index (χ2v) is 8.37. The van der Waals surface area contributed by atoms with E-state index in [4.69, 9.17) is 0 Å². The molecule has 1 aliphatic rings. The van der Waals surface area contributed by atoms with E-state index in [-0.39, 0.29) is 17.4 Å². The van der Waals surface area contributed by atoms with Gasteiger partial charge in [-0.05, 0) is 42.2 Å². The van der Waals surface area contributed by atoms with Crippen molar-refractivity contribution in [3.05, 3.63) is 101 Å². The van der Waals surface area contributed by atoms with Gasteiger partial charge in [-0.1, -0.05) is 61.0 Å². The highest BCUT2D eigenvalue weighted by Gasteiger charge is 2.41. The van der Waals surface area contributed by atoms with Crippen molar-refractivity contribution in [3.63, 3.8) is 0 Å². The Labute approximate surface area is 181 Å². The van der Waals surface area contributed by atoms with Crippen molar-refractivity contribution < 1.29 is 13.6 Å². The lowest BCUT2D eigenvalue weighted by molar-refractivity contribution is -0.129. The molecule has 0 bridgehead atoms. The molecule has 1 N–H and O–H groups in total. The molecule has 3 aromatic rings.